The Morgan fingerprint density at radius 2 is 1.63 bits per heavy atom. The Morgan fingerprint density at radius 1 is 0.947 bits per heavy atom. The van der Waals surface area contributed by atoms with Gasteiger partial charge < -0.3 is 17.0 Å². The average Bonchev–Trinajstić information content (AvgIpc) is 2.86. The highest BCUT2D eigenvalue weighted by Crippen LogP contribution is 2.16. The van der Waals surface area contributed by atoms with Crippen molar-refractivity contribution in [2.75, 3.05) is 26.2 Å². The first-order chi connectivity index (χ1) is 8.92. The van der Waals surface area contributed by atoms with Crippen LogP contribution in [0.2, 0.25) is 0 Å². The van der Waals surface area contributed by atoms with Gasteiger partial charge in [-0.1, -0.05) is 39.0 Å². The molecule has 0 spiro atoms. The lowest BCUT2D eigenvalue weighted by molar-refractivity contribution is -0.539. The first-order valence-corrected chi connectivity index (χ1v) is 8.27. The quantitative estimate of drug-likeness (QED) is 0.468. The zero-order chi connectivity index (χ0) is 12.6. The maximum atomic E-state index is 2.68. The van der Waals surface area contributed by atoms with Crippen molar-refractivity contribution < 1.29 is 21.6 Å². The van der Waals surface area contributed by atoms with Crippen molar-refractivity contribution in [1.29, 1.82) is 0 Å². The monoisotopic (exact) mass is 330 g/mol. The van der Waals surface area contributed by atoms with Crippen molar-refractivity contribution >= 4 is 5.84 Å². The molecule has 0 unspecified atom stereocenters. The molecule has 1 fully saturated rings. The third-order valence-electron chi connectivity index (χ3n) is 4.45. The molecule has 2 aliphatic heterocycles. The van der Waals surface area contributed by atoms with E-state index in [1.165, 1.54) is 90.4 Å². The van der Waals surface area contributed by atoms with Crippen LogP contribution in [0.4, 0.5) is 0 Å². The van der Waals surface area contributed by atoms with Gasteiger partial charge in [0.15, 0.2) is 0 Å². The van der Waals surface area contributed by atoms with Crippen LogP contribution in [0.1, 0.15) is 71.1 Å². The van der Waals surface area contributed by atoms with Gasteiger partial charge in [0, 0.05) is 6.42 Å². The molecule has 2 heterocycles. The van der Waals surface area contributed by atoms with E-state index >= 15 is 0 Å². The van der Waals surface area contributed by atoms with E-state index in [2.05, 4.69) is 16.4 Å². The molecule has 0 bridgehead atoms. The van der Waals surface area contributed by atoms with Crippen LogP contribution in [0.3, 0.4) is 0 Å². The molecule has 0 atom stereocenters. The summed E-state index contributed by atoms with van der Waals surface area (Å²) < 4.78 is 2.68. The minimum absolute atomic E-state index is 0. The summed E-state index contributed by atoms with van der Waals surface area (Å²) in [6, 6.07) is 0. The highest BCUT2D eigenvalue weighted by molar-refractivity contribution is 5.79. The van der Waals surface area contributed by atoms with Crippen LogP contribution in [0.25, 0.3) is 0 Å². The minimum Gasteiger partial charge on any atom is -1.00 e. The lowest BCUT2D eigenvalue weighted by atomic mass is 10.1. The molecule has 1 saturated heterocycles. The van der Waals surface area contributed by atoms with E-state index in [0.29, 0.717) is 0 Å². The van der Waals surface area contributed by atoms with Gasteiger partial charge in [-0.25, -0.2) is 0 Å². The molecule has 112 valence electrons. The van der Waals surface area contributed by atoms with E-state index in [1.54, 1.807) is 5.84 Å². The molecule has 0 aromatic carbocycles. The van der Waals surface area contributed by atoms with Gasteiger partial charge in [-0.15, -0.1) is 0 Å². The van der Waals surface area contributed by atoms with Gasteiger partial charge in [-0.3, -0.25) is 9.48 Å². The number of halogens is 1. The van der Waals surface area contributed by atoms with Gasteiger partial charge in [-0.2, -0.15) is 0 Å². The Labute approximate surface area is 130 Å². The summed E-state index contributed by atoms with van der Waals surface area (Å²) in [5.74, 6) is 1.67. The van der Waals surface area contributed by atoms with Crippen LogP contribution in [-0.4, -0.2) is 41.5 Å². The molecular weight excluding hydrogens is 300 g/mol. The molecule has 0 aromatic rings. The smallest absolute Gasteiger partial charge is 0.246 e. The topological polar surface area (TPSA) is 6.25 Å². The first kappa shape index (κ1) is 17.0. The Balaban J connectivity index is 0.00000180. The van der Waals surface area contributed by atoms with Crippen LogP contribution in [-0.2, 0) is 0 Å². The molecule has 19 heavy (non-hydrogen) atoms. The Kier molecular flexibility index (Phi) is 8.76. The van der Waals surface area contributed by atoms with E-state index in [9.17, 15) is 0 Å². The molecule has 0 N–H and O–H groups in total. The summed E-state index contributed by atoms with van der Waals surface area (Å²) in [5, 5.41) is 0. The van der Waals surface area contributed by atoms with Crippen LogP contribution in [0.15, 0.2) is 0 Å². The Bertz CT molecular complexity index is 276. The Hall–Kier alpha value is -0.0500. The summed E-state index contributed by atoms with van der Waals surface area (Å²) in [7, 11) is 0. The van der Waals surface area contributed by atoms with Crippen molar-refractivity contribution in [2.45, 2.75) is 71.1 Å². The second-order valence-corrected chi connectivity index (χ2v) is 5.97. The predicted molar refractivity (Wildman–Crippen MR) is 78.4 cm³/mol. The van der Waals surface area contributed by atoms with Crippen LogP contribution < -0.4 is 17.0 Å². The van der Waals surface area contributed by atoms with Gasteiger partial charge >= 0.3 is 0 Å². The molecule has 0 aromatic heterocycles. The summed E-state index contributed by atoms with van der Waals surface area (Å²) in [6.45, 7) is 7.58. The van der Waals surface area contributed by atoms with Crippen LogP contribution in [0, 0.1) is 0 Å². The van der Waals surface area contributed by atoms with Gasteiger partial charge in [0.1, 0.15) is 0 Å². The van der Waals surface area contributed by atoms with Crippen molar-refractivity contribution in [3.05, 3.63) is 0 Å². The number of nitrogens with zero attached hydrogens (tertiary/aromatic N) is 2. The summed E-state index contributed by atoms with van der Waals surface area (Å²) in [4.78, 5) is 2.63. The lowest BCUT2D eigenvalue weighted by Gasteiger charge is -2.22. The second kappa shape index (κ2) is 9.79. The summed E-state index contributed by atoms with van der Waals surface area (Å²) in [5.41, 5.74) is 0. The first-order valence-electron chi connectivity index (χ1n) is 8.27. The van der Waals surface area contributed by atoms with E-state index in [0.717, 1.165) is 0 Å². The number of rotatable bonds is 8. The standard InChI is InChI=1S/C16H31N2.BrH/c1-2-3-4-5-6-7-8-12-17-14-10-15-18-13-9-11-16(17)18;/h2-15H2,1H3;1H/q+1;/p-1. The van der Waals surface area contributed by atoms with Gasteiger partial charge in [0.25, 0.3) is 0 Å². The highest BCUT2D eigenvalue weighted by atomic mass is 79.9. The third kappa shape index (κ3) is 5.45. The van der Waals surface area contributed by atoms with Gasteiger partial charge in [0.05, 0.1) is 32.6 Å². The predicted octanol–water partition coefficient (Wildman–Crippen LogP) is 0.652. The molecule has 2 nitrogen and oxygen atoms in total. The van der Waals surface area contributed by atoms with Crippen LogP contribution in [0.5, 0.6) is 0 Å². The molecule has 0 aliphatic carbocycles. The highest BCUT2D eigenvalue weighted by Gasteiger charge is 2.31. The second-order valence-electron chi connectivity index (χ2n) is 5.97. The fraction of sp³-hybridized carbons (Fsp3) is 0.938. The molecule has 3 heteroatoms. The molecule has 0 radical (unpaired) electrons. The maximum Gasteiger partial charge on any atom is 0.246 e. The van der Waals surface area contributed by atoms with E-state index in [1.807, 2.05) is 0 Å². The van der Waals surface area contributed by atoms with E-state index in [-0.39, 0.29) is 17.0 Å². The number of unbranched alkanes of at least 4 members (excludes halogenated alkanes) is 6. The molecule has 0 saturated carbocycles. The van der Waals surface area contributed by atoms with E-state index in [4.69, 9.17) is 0 Å². The maximum absolute atomic E-state index is 2.68. The van der Waals surface area contributed by atoms with Crippen LogP contribution >= 0.6 is 0 Å². The van der Waals surface area contributed by atoms with Gasteiger partial charge in [0.2, 0.25) is 5.84 Å². The minimum atomic E-state index is 0. The third-order valence-corrected chi connectivity index (χ3v) is 4.45. The number of fused-ring (bicyclic) bond motifs is 1. The molecule has 0 amide bonds. The largest absolute Gasteiger partial charge is 1.00 e. The van der Waals surface area contributed by atoms with Crippen molar-refractivity contribution in [3.8, 4) is 0 Å². The lowest BCUT2D eigenvalue weighted by Crippen LogP contribution is -3.00. The Morgan fingerprint density at radius 3 is 2.42 bits per heavy atom. The molecular formula is C16H31BrN2. The molecule has 2 rings (SSSR count). The zero-order valence-electron chi connectivity index (χ0n) is 12.7. The number of hydrogen-bond acceptors (Lipinski definition) is 1. The van der Waals surface area contributed by atoms with Crippen molar-refractivity contribution in [2.24, 2.45) is 0 Å². The summed E-state index contributed by atoms with van der Waals surface area (Å²) >= 11 is 0. The van der Waals surface area contributed by atoms with Gasteiger partial charge in [-0.05, 0) is 19.3 Å². The SMILES string of the molecule is CCCCCCCCC[N+]1=C2CCCN2CCC1.[Br-]. The zero-order valence-corrected chi connectivity index (χ0v) is 14.3. The fourth-order valence-electron chi connectivity index (χ4n) is 3.40. The average molecular weight is 331 g/mol. The van der Waals surface area contributed by atoms with E-state index < -0.39 is 0 Å². The normalized spacial score (nSPS) is 18.5. The fourth-order valence-corrected chi connectivity index (χ4v) is 3.40. The van der Waals surface area contributed by atoms with Crippen molar-refractivity contribution in [3.63, 3.8) is 0 Å². The number of amidine groups is 1. The van der Waals surface area contributed by atoms with Crippen molar-refractivity contribution in [1.82, 2.24) is 4.90 Å². The molecule has 2 aliphatic rings. The number of hydrogen-bond donors (Lipinski definition) is 0. The summed E-state index contributed by atoms with van der Waals surface area (Å²) in [6.07, 6.45) is 14.1.